The average molecular weight is 936 g/mol. The molecule has 0 radical (unpaired) electrons. The summed E-state index contributed by atoms with van der Waals surface area (Å²) in [6, 6.07) is -4.73. The second-order valence-electron chi connectivity index (χ2n) is 16.2. The number of carbonyl (C=O) groups is 3. The van der Waals surface area contributed by atoms with Crippen LogP contribution in [0.2, 0.25) is 0 Å². The van der Waals surface area contributed by atoms with Gasteiger partial charge in [0.2, 0.25) is 17.7 Å². The molecule has 0 spiro atoms. The molecule has 3 amide bonds. The number of nitrogens with one attached hydrogen (secondary N) is 3. The van der Waals surface area contributed by atoms with Gasteiger partial charge < -0.3 is 125 Å². The van der Waals surface area contributed by atoms with Crippen LogP contribution < -0.4 is 16.0 Å². The number of rotatable bonds is 15. The second-order valence-corrected chi connectivity index (χ2v) is 16.2. The van der Waals surface area contributed by atoms with Crippen LogP contribution in [0.3, 0.4) is 0 Å². The van der Waals surface area contributed by atoms with Crippen LogP contribution in [-0.4, -0.2) is 264 Å². The highest BCUT2D eigenvalue weighted by atomic mass is 16.8. The van der Waals surface area contributed by atoms with Crippen molar-refractivity contribution in [3.05, 3.63) is 0 Å². The summed E-state index contributed by atoms with van der Waals surface area (Å²) in [7, 11) is 0. The number of hydrogen-bond acceptors (Lipinski definition) is 25. The molecule has 5 aliphatic heterocycles. The number of aliphatic hydroxyl groups is 13. The Balaban J connectivity index is 1.41. The summed E-state index contributed by atoms with van der Waals surface area (Å²) in [6.07, 6.45) is -38.5. The smallest absolute Gasteiger partial charge is 0.217 e. The fourth-order valence-corrected chi connectivity index (χ4v) is 8.06. The minimum Gasteiger partial charge on any atom is -0.394 e. The van der Waals surface area contributed by atoms with Gasteiger partial charge in [0, 0.05) is 20.8 Å². The molecule has 5 aliphatic rings. The highest BCUT2D eigenvalue weighted by molar-refractivity contribution is 5.74. The number of amides is 3. The first-order valence-electron chi connectivity index (χ1n) is 20.4. The second kappa shape index (κ2) is 22.6. The summed E-state index contributed by atoms with van der Waals surface area (Å²) in [6.45, 7) is 1.11. The zero-order valence-corrected chi connectivity index (χ0v) is 35.0. The Hall–Kier alpha value is -2.47. The summed E-state index contributed by atoms with van der Waals surface area (Å²) in [5, 5.41) is 146. The zero-order chi connectivity index (χ0) is 47.5. The van der Waals surface area contributed by atoms with Gasteiger partial charge >= 0.3 is 0 Å². The maximum Gasteiger partial charge on any atom is 0.217 e. The van der Waals surface area contributed by atoms with Crippen molar-refractivity contribution >= 4 is 17.7 Å². The van der Waals surface area contributed by atoms with E-state index in [2.05, 4.69) is 16.0 Å². The molecule has 25 atom stereocenters. The lowest BCUT2D eigenvalue weighted by atomic mass is 9.94. The van der Waals surface area contributed by atoms with Crippen LogP contribution in [0.1, 0.15) is 27.7 Å². The maximum atomic E-state index is 12.6. The first-order valence-corrected chi connectivity index (χ1v) is 20.4. The zero-order valence-electron chi connectivity index (χ0n) is 35.0. The molecule has 0 aromatic heterocycles. The Kier molecular flexibility index (Phi) is 18.5. The molecule has 5 rings (SSSR count). The van der Waals surface area contributed by atoms with Crippen molar-refractivity contribution in [2.75, 3.05) is 26.4 Å². The lowest BCUT2D eigenvalue weighted by molar-refractivity contribution is -0.381. The number of ether oxygens (including phenoxy) is 9. The molecule has 5 saturated heterocycles. The van der Waals surface area contributed by atoms with Crippen molar-refractivity contribution < 1.29 is 123 Å². The molecular weight excluding hydrogens is 874 g/mol. The molecule has 5 heterocycles. The van der Waals surface area contributed by atoms with Crippen LogP contribution in [0.5, 0.6) is 0 Å². The molecule has 0 aromatic carbocycles. The van der Waals surface area contributed by atoms with E-state index in [1.54, 1.807) is 0 Å². The summed E-state index contributed by atoms with van der Waals surface area (Å²) in [5.41, 5.74) is 0. The van der Waals surface area contributed by atoms with Crippen molar-refractivity contribution in [2.45, 2.75) is 181 Å². The largest absolute Gasteiger partial charge is 0.394 e. The molecule has 28 heteroatoms. The predicted molar refractivity (Wildman–Crippen MR) is 200 cm³/mol. The molecule has 16 N–H and O–H groups in total. The van der Waals surface area contributed by atoms with Crippen molar-refractivity contribution in [3.8, 4) is 0 Å². The van der Waals surface area contributed by atoms with Crippen LogP contribution in [0.15, 0.2) is 0 Å². The van der Waals surface area contributed by atoms with Gasteiger partial charge in [-0.25, -0.2) is 0 Å². The van der Waals surface area contributed by atoms with Gasteiger partial charge in [-0.1, -0.05) is 0 Å². The fourth-order valence-electron chi connectivity index (χ4n) is 8.06. The van der Waals surface area contributed by atoms with E-state index < -0.39 is 197 Å². The topological polar surface area (TPSA) is 433 Å². The van der Waals surface area contributed by atoms with Gasteiger partial charge in [-0.3, -0.25) is 14.4 Å². The standard InChI is InChI=1S/C36H61N3O25/c1-9-20(46)26(52)28(54)35(57-9)64-31-27(53)22(48)14(6-41)61-36(31)63-29-18(38-11(3)44)32(55)58-16(24(29)50)8-56-33-19(39-12(4)45)30(23(49)15(7-42)59-33)62-34-17(37-10(2)43)25(51)21(47)13(5-40)60-34/h9,13-36,40-42,46-55H,5-8H2,1-4H3,(H,37,43)(H,38,44)(H,39,45)/t9-,13+,14+,15+,16+,17+,18+,19+,20+,21+,22-,23+,24-,25+,26+,27-,28-,29+,30+,31+,32?,33+,34-,35-,36-/m0/s1. The van der Waals surface area contributed by atoms with Gasteiger partial charge in [0.15, 0.2) is 31.5 Å². The van der Waals surface area contributed by atoms with E-state index in [4.69, 9.17) is 42.6 Å². The van der Waals surface area contributed by atoms with Crippen molar-refractivity contribution in [2.24, 2.45) is 0 Å². The van der Waals surface area contributed by atoms with Gasteiger partial charge in [-0.2, -0.15) is 0 Å². The molecule has 0 aliphatic carbocycles. The Bertz CT molecular complexity index is 1540. The highest BCUT2D eigenvalue weighted by Crippen LogP contribution is 2.34. The van der Waals surface area contributed by atoms with E-state index >= 15 is 0 Å². The van der Waals surface area contributed by atoms with Gasteiger partial charge in [-0.15, -0.1) is 0 Å². The van der Waals surface area contributed by atoms with Gasteiger partial charge in [0.05, 0.1) is 32.5 Å². The number of carbonyl (C=O) groups excluding carboxylic acids is 3. The third kappa shape index (κ3) is 11.6. The minimum atomic E-state index is -2.03. The van der Waals surface area contributed by atoms with E-state index in [0.29, 0.717) is 0 Å². The van der Waals surface area contributed by atoms with E-state index in [9.17, 15) is 80.8 Å². The third-order valence-electron chi connectivity index (χ3n) is 11.5. The number of aliphatic hydroxyl groups excluding tert-OH is 13. The summed E-state index contributed by atoms with van der Waals surface area (Å²) in [5.74, 6) is -2.23. The van der Waals surface area contributed by atoms with Crippen molar-refractivity contribution in [1.29, 1.82) is 0 Å². The van der Waals surface area contributed by atoms with Crippen LogP contribution >= 0.6 is 0 Å². The minimum absolute atomic E-state index is 0.708. The van der Waals surface area contributed by atoms with E-state index in [-0.39, 0.29) is 0 Å². The van der Waals surface area contributed by atoms with E-state index in [1.165, 1.54) is 6.92 Å². The third-order valence-corrected chi connectivity index (χ3v) is 11.5. The molecule has 64 heavy (non-hydrogen) atoms. The predicted octanol–water partition coefficient (Wildman–Crippen LogP) is -10.5. The van der Waals surface area contributed by atoms with Crippen LogP contribution in [0, 0.1) is 0 Å². The monoisotopic (exact) mass is 935 g/mol. The van der Waals surface area contributed by atoms with Crippen LogP contribution in [-0.2, 0) is 57.0 Å². The maximum absolute atomic E-state index is 12.6. The van der Waals surface area contributed by atoms with Gasteiger partial charge in [0.25, 0.3) is 0 Å². The first kappa shape index (κ1) is 52.5. The normalized spacial score (nSPS) is 47.7. The molecule has 5 fully saturated rings. The lowest BCUT2D eigenvalue weighted by Crippen LogP contribution is -2.70. The Morgan fingerprint density at radius 2 is 0.891 bits per heavy atom. The molecule has 1 unspecified atom stereocenters. The summed E-state index contributed by atoms with van der Waals surface area (Å²) in [4.78, 5) is 36.9. The molecule has 370 valence electrons. The fraction of sp³-hybridized carbons (Fsp3) is 0.917. The Morgan fingerprint density at radius 3 is 1.47 bits per heavy atom. The average Bonchev–Trinajstić information content (AvgIpc) is 3.24. The molecule has 0 bridgehead atoms. The van der Waals surface area contributed by atoms with Crippen LogP contribution in [0.25, 0.3) is 0 Å². The molecule has 28 nitrogen and oxygen atoms in total. The summed E-state index contributed by atoms with van der Waals surface area (Å²) < 4.78 is 51.9. The lowest BCUT2D eigenvalue weighted by Gasteiger charge is -2.49. The Labute approximate surface area is 364 Å². The molecule has 0 aromatic rings. The first-order chi connectivity index (χ1) is 30.1. The summed E-state index contributed by atoms with van der Waals surface area (Å²) >= 11 is 0. The molecule has 0 saturated carbocycles. The van der Waals surface area contributed by atoms with Crippen molar-refractivity contribution in [3.63, 3.8) is 0 Å². The van der Waals surface area contributed by atoms with Gasteiger partial charge in [0.1, 0.15) is 116 Å². The highest BCUT2D eigenvalue weighted by Gasteiger charge is 2.56. The van der Waals surface area contributed by atoms with Gasteiger partial charge in [-0.05, 0) is 6.92 Å². The van der Waals surface area contributed by atoms with E-state index in [0.717, 1.165) is 20.8 Å². The number of hydrogen-bond donors (Lipinski definition) is 16. The van der Waals surface area contributed by atoms with Crippen LogP contribution in [0.4, 0.5) is 0 Å². The van der Waals surface area contributed by atoms with E-state index in [1.807, 2.05) is 0 Å². The molecular formula is C36H61N3O25. The van der Waals surface area contributed by atoms with Crippen molar-refractivity contribution in [1.82, 2.24) is 16.0 Å². The Morgan fingerprint density at radius 1 is 0.438 bits per heavy atom. The quantitative estimate of drug-likeness (QED) is 0.0725. The SMILES string of the molecule is CC(=O)N[C@H]1[C@H](O[C@H]2[C@H](O)[C@@H](CO)O[C@@H](OC[C@H]3OC(O)[C@H](NC(C)=O)[C@@H](O[C@@H]4O[C@H](CO)[C@H](O)[C@H](O)[C@H]4O[C@@H]4O[C@@H](C)[C@@H](O)[C@@H](O)[C@@H]4O)[C@H]3O)[C@@H]2NC(C)=O)O[C@H](CO)[C@@H](O)[C@@H]1O.